The molecule has 7 heteroatoms. The molecular formula is C9H18N4O2S. The lowest BCUT2D eigenvalue weighted by molar-refractivity contribution is 0.558. The molecule has 1 aromatic rings. The van der Waals surface area contributed by atoms with E-state index in [1.807, 2.05) is 6.92 Å². The van der Waals surface area contributed by atoms with Gasteiger partial charge in [0.1, 0.15) is 0 Å². The van der Waals surface area contributed by atoms with Crippen LogP contribution in [-0.2, 0) is 16.6 Å². The summed E-state index contributed by atoms with van der Waals surface area (Å²) in [5.74, 6) is 0.111. The molecule has 0 aliphatic heterocycles. The van der Waals surface area contributed by atoms with Crippen LogP contribution in [0.25, 0.3) is 0 Å². The van der Waals surface area contributed by atoms with E-state index in [4.69, 9.17) is 0 Å². The first kappa shape index (κ1) is 13.1. The van der Waals surface area contributed by atoms with Crippen LogP contribution in [0.3, 0.4) is 0 Å². The van der Waals surface area contributed by atoms with Gasteiger partial charge < -0.3 is 5.32 Å². The average molecular weight is 246 g/mol. The normalized spacial score (nSPS) is 11.8. The van der Waals surface area contributed by atoms with Crippen LogP contribution in [0.1, 0.15) is 6.92 Å². The van der Waals surface area contributed by atoms with Crippen molar-refractivity contribution in [2.75, 3.05) is 25.4 Å². The molecule has 0 aliphatic carbocycles. The zero-order valence-corrected chi connectivity index (χ0v) is 10.2. The number of nitrogens with zero attached hydrogens (tertiary/aromatic N) is 2. The quantitative estimate of drug-likeness (QED) is 0.601. The summed E-state index contributed by atoms with van der Waals surface area (Å²) in [6.07, 6.45) is 3.46. The van der Waals surface area contributed by atoms with Crippen LogP contribution in [0.5, 0.6) is 0 Å². The van der Waals surface area contributed by atoms with Gasteiger partial charge in [-0.15, -0.1) is 0 Å². The van der Waals surface area contributed by atoms with Crippen molar-refractivity contribution in [3.05, 3.63) is 18.5 Å². The van der Waals surface area contributed by atoms with Gasteiger partial charge in [0.05, 0.1) is 12.3 Å². The summed E-state index contributed by atoms with van der Waals surface area (Å²) in [5, 5.41) is 6.95. The summed E-state index contributed by atoms with van der Waals surface area (Å²) in [6.45, 7) is 4.12. The third-order valence-electron chi connectivity index (χ3n) is 2.02. The third-order valence-corrected chi connectivity index (χ3v) is 3.41. The van der Waals surface area contributed by atoms with Crippen LogP contribution < -0.4 is 10.0 Å². The minimum atomic E-state index is -3.16. The van der Waals surface area contributed by atoms with Crippen LogP contribution in [0.2, 0.25) is 0 Å². The van der Waals surface area contributed by atoms with Gasteiger partial charge in [0.2, 0.25) is 10.0 Å². The highest BCUT2D eigenvalue weighted by molar-refractivity contribution is 7.89. The fourth-order valence-corrected chi connectivity index (χ4v) is 2.16. The molecule has 0 radical (unpaired) electrons. The highest BCUT2D eigenvalue weighted by Crippen LogP contribution is 1.86. The topological polar surface area (TPSA) is 76.0 Å². The van der Waals surface area contributed by atoms with Crippen molar-refractivity contribution >= 4 is 10.0 Å². The van der Waals surface area contributed by atoms with Crippen LogP contribution in [0.4, 0.5) is 0 Å². The number of nitrogens with one attached hydrogen (secondary N) is 2. The molecule has 0 saturated carbocycles. The lowest BCUT2D eigenvalue weighted by Gasteiger charge is -2.06. The third kappa shape index (κ3) is 5.24. The fourth-order valence-electron chi connectivity index (χ4n) is 1.20. The minimum absolute atomic E-state index is 0.111. The van der Waals surface area contributed by atoms with Crippen molar-refractivity contribution < 1.29 is 8.42 Å². The van der Waals surface area contributed by atoms with Crippen molar-refractivity contribution in [2.45, 2.75) is 13.5 Å². The van der Waals surface area contributed by atoms with E-state index in [-0.39, 0.29) is 5.75 Å². The average Bonchev–Trinajstić information content (AvgIpc) is 2.70. The predicted molar refractivity (Wildman–Crippen MR) is 62.6 cm³/mol. The maximum atomic E-state index is 11.5. The monoisotopic (exact) mass is 246 g/mol. The van der Waals surface area contributed by atoms with Crippen LogP contribution in [-0.4, -0.2) is 43.6 Å². The highest BCUT2D eigenvalue weighted by Gasteiger charge is 2.08. The molecule has 0 bridgehead atoms. The summed E-state index contributed by atoms with van der Waals surface area (Å²) >= 11 is 0. The van der Waals surface area contributed by atoms with Crippen LogP contribution in [0.15, 0.2) is 18.5 Å². The summed E-state index contributed by atoms with van der Waals surface area (Å²) < 4.78 is 27.1. The highest BCUT2D eigenvalue weighted by atomic mass is 32.2. The fraction of sp³-hybridized carbons (Fsp3) is 0.667. The first-order chi connectivity index (χ1) is 7.64. The lowest BCUT2D eigenvalue weighted by Crippen LogP contribution is -2.33. The predicted octanol–water partition coefficient (Wildman–Crippen LogP) is -0.588. The smallest absolute Gasteiger partial charge is 0.212 e. The Morgan fingerprint density at radius 1 is 1.38 bits per heavy atom. The van der Waals surface area contributed by atoms with E-state index in [9.17, 15) is 8.42 Å². The zero-order valence-electron chi connectivity index (χ0n) is 9.39. The molecule has 1 rings (SSSR count). The first-order valence-electron chi connectivity index (χ1n) is 5.29. The number of hydrogen-bond acceptors (Lipinski definition) is 4. The Bertz CT molecular complexity index is 374. The molecular weight excluding hydrogens is 228 g/mol. The Morgan fingerprint density at radius 2 is 2.19 bits per heavy atom. The van der Waals surface area contributed by atoms with Gasteiger partial charge in [0.25, 0.3) is 0 Å². The Hall–Kier alpha value is -0.920. The molecule has 0 aliphatic rings. The van der Waals surface area contributed by atoms with Crippen molar-refractivity contribution in [2.24, 2.45) is 0 Å². The van der Waals surface area contributed by atoms with E-state index < -0.39 is 10.0 Å². The second-order valence-corrected chi connectivity index (χ2v) is 5.26. The van der Waals surface area contributed by atoms with Gasteiger partial charge in [-0.3, -0.25) is 4.68 Å². The number of hydrogen-bond donors (Lipinski definition) is 2. The SMILES string of the molecule is CCNCCS(=O)(=O)NCCn1cccn1. The van der Waals surface area contributed by atoms with E-state index in [0.717, 1.165) is 6.54 Å². The summed E-state index contributed by atoms with van der Waals surface area (Å²) in [4.78, 5) is 0. The molecule has 6 nitrogen and oxygen atoms in total. The van der Waals surface area contributed by atoms with E-state index in [1.54, 1.807) is 23.1 Å². The van der Waals surface area contributed by atoms with Crippen LogP contribution in [0, 0.1) is 0 Å². The minimum Gasteiger partial charge on any atom is -0.316 e. The van der Waals surface area contributed by atoms with Gasteiger partial charge >= 0.3 is 0 Å². The van der Waals surface area contributed by atoms with Gasteiger partial charge in [-0.2, -0.15) is 5.10 Å². The molecule has 1 aromatic heterocycles. The van der Waals surface area contributed by atoms with E-state index in [2.05, 4.69) is 15.1 Å². The summed E-state index contributed by atoms with van der Waals surface area (Å²) in [6, 6.07) is 1.81. The molecule has 0 saturated heterocycles. The van der Waals surface area contributed by atoms with Crippen molar-refractivity contribution in [1.82, 2.24) is 19.8 Å². The van der Waals surface area contributed by atoms with E-state index >= 15 is 0 Å². The molecule has 0 spiro atoms. The molecule has 1 heterocycles. The first-order valence-corrected chi connectivity index (χ1v) is 6.95. The largest absolute Gasteiger partial charge is 0.316 e. The maximum Gasteiger partial charge on any atom is 0.212 e. The van der Waals surface area contributed by atoms with Gasteiger partial charge in [0, 0.05) is 25.5 Å². The van der Waals surface area contributed by atoms with Gasteiger partial charge in [-0.1, -0.05) is 6.92 Å². The van der Waals surface area contributed by atoms with Crippen molar-refractivity contribution in [3.63, 3.8) is 0 Å². The molecule has 0 fully saturated rings. The lowest BCUT2D eigenvalue weighted by atomic mass is 10.6. The van der Waals surface area contributed by atoms with E-state index in [1.165, 1.54) is 0 Å². The Kier molecular flexibility index (Phi) is 5.44. The molecule has 0 aromatic carbocycles. The second-order valence-electron chi connectivity index (χ2n) is 3.34. The Balaban J connectivity index is 2.20. The summed E-state index contributed by atoms with van der Waals surface area (Å²) in [7, 11) is -3.16. The van der Waals surface area contributed by atoms with Gasteiger partial charge in [-0.05, 0) is 12.6 Å². The standard InChI is InChI=1S/C9H18N4O2S/c1-2-10-6-9-16(14,15)12-5-8-13-7-3-4-11-13/h3-4,7,10,12H,2,5-6,8-9H2,1H3. The zero-order chi connectivity index (χ0) is 11.9. The second kappa shape index (κ2) is 6.62. The number of sulfonamides is 1. The number of aromatic nitrogens is 2. The van der Waals surface area contributed by atoms with Gasteiger partial charge in [-0.25, -0.2) is 13.1 Å². The molecule has 92 valence electrons. The molecule has 0 unspecified atom stereocenters. The van der Waals surface area contributed by atoms with Crippen molar-refractivity contribution in [1.29, 1.82) is 0 Å². The summed E-state index contributed by atoms with van der Waals surface area (Å²) in [5.41, 5.74) is 0. The van der Waals surface area contributed by atoms with Crippen LogP contribution >= 0.6 is 0 Å². The number of rotatable bonds is 8. The molecule has 0 atom stereocenters. The molecule has 16 heavy (non-hydrogen) atoms. The molecule has 2 N–H and O–H groups in total. The van der Waals surface area contributed by atoms with E-state index in [0.29, 0.717) is 19.6 Å². The Morgan fingerprint density at radius 3 is 2.81 bits per heavy atom. The Labute approximate surface area is 96.1 Å². The molecule has 0 amide bonds. The van der Waals surface area contributed by atoms with Gasteiger partial charge in [0.15, 0.2) is 0 Å². The van der Waals surface area contributed by atoms with Crippen molar-refractivity contribution in [3.8, 4) is 0 Å². The maximum absolute atomic E-state index is 11.5.